The number of primary amides is 1. The van der Waals surface area contributed by atoms with Gasteiger partial charge in [-0.15, -0.1) is 0 Å². The summed E-state index contributed by atoms with van der Waals surface area (Å²) in [5, 5.41) is 0. The van der Waals surface area contributed by atoms with E-state index in [0.29, 0.717) is 23.6 Å². The number of carbonyl (C=O) groups excluding carboxylic acids is 1. The molecule has 0 saturated carbocycles. The molecule has 0 spiro atoms. The Labute approximate surface area is 117 Å². The number of methoxy groups -OCH3 is 1. The van der Waals surface area contributed by atoms with Crippen LogP contribution >= 0.6 is 0 Å². The summed E-state index contributed by atoms with van der Waals surface area (Å²) in [6.07, 6.45) is 0. The summed E-state index contributed by atoms with van der Waals surface area (Å²) in [6.45, 7) is 0.344. The first-order valence-corrected chi connectivity index (χ1v) is 6.05. The highest BCUT2D eigenvalue weighted by Gasteiger charge is 2.06. The quantitative estimate of drug-likeness (QED) is 0.814. The van der Waals surface area contributed by atoms with Gasteiger partial charge in [-0.25, -0.2) is 0 Å². The van der Waals surface area contributed by atoms with Crippen molar-refractivity contribution in [3.63, 3.8) is 0 Å². The molecule has 4 N–H and O–H groups in total. The minimum absolute atomic E-state index is 0.344. The number of rotatable bonds is 5. The van der Waals surface area contributed by atoms with Crippen LogP contribution in [0, 0.1) is 0 Å². The highest BCUT2D eigenvalue weighted by molar-refractivity contribution is 5.93. The fourth-order valence-electron chi connectivity index (χ4n) is 1.70. The summed E-state index contributed by atoms with van der Waals surface area (Å²) in [6, 6.07) is 12.2. The second-order valence-electron chi connectivity index (χ2n) is 4.25. The van der Waals surface area contributed by atoms with Gasteiger partial charge in [-0.3, -0.25) is 4.79 Å². The van der Waals surface area contributed by atoms with E-state index in [1.54, 1.807) is 25.3 Å². The Morgan fingerprint density at radius 2 is 1.85 bits per heavy atom. The Kier molecular flexibility index (Phi) is 4.10. The number of hydrogen-bond acceptors (Lipinski definition) is 4. The van der Waals surface area contributed by atoms with Crippen molar-refractivity contribution in [2.45, 2.75) is 6.61 Å². The van der Waals surface area contributed by atoms with Gasteiger partial charge in [-0.05, 0) is 35.9 Å². The minimum Gasteiger partial charge on any atom is -0.497 e. The molecule has 0 fully saturated rings. The van der Waals surface area contributed by atoms with E-state index in [9.17, 15) is 4.79 Å². The number of amides is 1. The lowest BCUT2D eigenvalue weighted by Crippen LogP contribution is -2.11. The van der Waals surface area contributed by atoms with Crippen LogP contribution in [-0.2, 0) is 6.61 Å². The van der Waals surface area contributed by atoms with Crippen molar-refractivity contribution >= 4 is 11.6 Å². The van der Waals surface area contributed by atoms with Crippen LogP contribution in [-0.4, -0.2) is 13.0 Å². The Balaban J connectivity index is 2.09. The molecule has 2 aromatic rings. The molecule has 104 valence electrons. The van der Waals surface area contributed by atoms with Crippen molar-refractivity contribution in [1.82, 2.24) is 0 Å². The third-order valence-electron chi connectivity index (χ3n) is 2.85. The molecule has 0 heterocycles. The Morgan fingerprint density at radius 3 is 2.45 bits per heavy atom. The fourth-order valence-corrected chi connectivity index (χ4v) is 1.70. The highest BCUT2D eigenvalue weighted by Crippen LogP contribution is 2.24. The van der Waals surface area contributed by atoms with Gasteiger partial charge in [0.25, 0.3) is 0 Å². The third kappa shape index (κ3) is 3.20. The van der Waals surface area contributed by atoms with Crippen molar-refractivity contribution < 1.29 is 14.3 Å². The fraction of sp³-hybridized carbons (Fsp3) is 0.133. The molecule has 0 unspecified atom stereocenters. The lowest BCUT2D eigenvalue weighted by molar-refractivity contribution is 0.1000. The first-order valence-electron chi connectivity index (χ1n) is 6.05. The molecule has 0 aliphatic rings. The normalized spacial score (nSPS) is 10.1. The van der Waals surface area contributed by atoms with Gasteiger partial charge in [0, 0.05) is 5.56 Å². The molecule has 5 heteroatoms. The minimum atomic E-state index is -0.515. The van der Waals surface area contributed by atoms with E-state index in [2.05, 4.69) is 0 Å². The number of hydrogen-bond donors (Lipinski definition) is 2. The molecule has 0 bridgehead atoms. The zero-order valence-corrected chi connectivity index (χ0v) is 11.1. The molecule has 0 saturated heterocycles. The smallest absolute Gasteiger partial charge is 0.248 e. The zero-order chi connectivity index (χ0) is 14.5. The number of benzene rings is 2. The van der Waals surface area contributed by atoms with Crippen LogP contribution in [0.4, 0.5) is 5.69 Å². The van der Waals surface area contributed by atoms with E-state index in [1.807, 2.05) is 24.3 Å². The summed E-state index contributed by atoms with van der Waals surface area (Å²) in [4.78, 5) is 11.1. The maximum absolute atomic E-state index is 11.1. The molecule has 20 heavy (non-hydrogen) atoms. The second-order valence-corrected chi connectivity index (χ2v) is 4.25. The SMILES string of the molecule is COc1ccc(COc2cc(C(N)=O)ccc2N)cc1. The molecular formula is C15H16N2O3. The zero-order valence-electron chi connectivity index (χ0n) is 11.1. The summed E-state index contributed by atoms with van der Waals surface area (Å²) in [5.41, 5.74) is 12.8. The molecule has 0 radical (unpaired) electrons. The van der Waals surface area contributed by atoms with Gasteiger partial charge >= 0.3 is 0 Å². The van der Waals surface area contributed by atoms with Gasteiger partial charge in [0.05, 0.1) is 12.8 Å². The van der Waals surface area contributed by atoms with E-state index < -0.39 is 5.91 Å². The topological polar surface area (TPSA) is 87.6 Å². The molecule has 5 nitrogen and oxygen atoms in total. The van der Waals surface area contributed by atoms with E-state index in [4.69, 9.17) is 20.9 Å². The van der Waals surface area contributed by atoms with Crippen LogP contribution in [0.15, 0.2) is 42.5 Å². The van der Waals surface area contributed by atoms with Crippen molar-refractivity contribution in [3.8, 4) is 11.5 Å². The van der Waals surface area contributed by atoms with Gasteiger partial charge < -0.3 is 20.9 Å². The number of carbonyl (C=O) groups is 1. The van der Waals surface area contributed by atoms with Crippen molar-refractivity contribution in [1.29, 1.82) is 0 Å². The number of anilines is 1. The standard InChI is InChI=1S/C15H16N2O3/c1-19-12-5-2-10(3-6-12)9-20-14-8-11(15(17)18)4-7-13(14)16/h2-8H,9,16H2,1H3,(H2,17,18). The predicted octanol–water partition coefficient (Wildman–Crippen LogP) is 1.96. The molecular weight excluding hydrogens is 256 g/mol. The average molecular weight is 272 g/mol. The molecule has 0 aliphatic carbocycles. The summed E-state index contributed by atoms with van der Waals surface area (Å²) in [7, 11) is 1.61. The van der Waals surface area contributed by atoms with Gasteiger partial charge in [0.15, 0.2) is 0 Å². The van der Waals surface area contributed by atoms with Gasteiger partial charge in [0.1, 0.15) is 18.1 Å². The average Bonchev–Trinajstić information content (AvgIpc) is 2.46. The highest BCUT2D eigenvalue weighted by atomic mass is 16.5. The largest absolute Gasteiger partial charge is 0.497 e. The van der Waals surface area contributed by atoms with Crippen LogP contribution in [0.2, 0.25) is 0 Å². The molecule has 0 aromatic heterocycles. The maximum atomic E-state index is 11.1. The van der Waals surface area contributed by atoms with Gasteiger partial charge in [-0.2, -0.15) is 0 Å². The van der Waals surface area contributed by atoms with Crippen molar-refractivity contribution in [3.05, 3.63) is 53.6 Å². The molecule has 2 aromatic carbocycles. The van der Waals surface area contributed by atoms with Crippen molar-refractivity contribution in [2.24, 2.45) is 5.73 Å². The Morgan fingerprint density at radius 1 is 1.15 bits per heavy atom. The summed E-state index contributed by atoms with van der Waals surface area (Å²) in [5.74, 6) is 0.709. The van der Waals surface area contributed by atoms with Crippen LogP contribution in [0.5, 0.6) is 11.5 Å². The Hall–Kier alpha value is -2.69. The first-order chi connectivity index (χ1) is 9.60. The summed E-state index contributed by atoms with van der Waals surface area (Å²) >= 11 is 0. The molecule has 0 aliphatic heterocycles. The van der Waals surface area contributed by atoms with Crippen LogP contribution < -0.4 is 20.9 Å². The number of nitrogens with two attached hydrogens (primary N) is 2. The first kappa shape index (κ1) is 13.7. The number of ether oxygens (including phenoxy) is 2. The van der Waals surface area contributed by atoms with Crippen LogP contribution in [0.25, 0.3) is 0 Å². The van der Waals surface area contributed by atoms with Gasteiger partial charge in [-0.1, -0.05) is 12.1 Å². The lowest BCUT2D eigenvalue weighted by atomic mass is 10.2. The number of nitrogen functional groups attached to an aromatic ring is 1. The van der Waals surface area contributed by atoms with E-state index >= 15 is 0 Å². The third-order valence-corrected chi connectivity index (χ3v) is 2.85. The predicted molar refractivity (Wildman–Crippen MR) is 76.7 cm³/mol. The Bertz CT molecular complexity index is 609. The van der Waals surface area contributed by atoms with Crippen LogP contribution in [0.1, 0.15) is 15.9 Å². The summed E-state index contributed by atoms with van der Waals surface area (Å²) < 4.78 is 10.7. The molecule has 1 amide bonds. The van der Waals surface area contributed by atoms with E-state index in [1.165, 1.54) is 0 Å². The monoisotopic (exact) mass is 272 g/mol. The van der Waals surface area contributed by atoms with Crippen molar-refractivity contribution in [2.75, 3.05) is 12.8 Å². The lowest BCUT2D eigenvalue weighted by Gasteiger charge is -2.10. The maximum Gasteiger partial charge on any atom is 0.248 e. The second kappa shape index (κ2) is 5.97. The van der Waals surface area contributed by atoms with Crippen LogP contribution in [0.3, 0.4) is 0 Å². The van der Waals surface area contributed by atoms with E-state index in [0.717, 1.165) is 11.3 Å². The van der Waals surface area contributed by atoms with E-state index in [-0.39, 0.29) is 0 Å². The molecule has 2 rings (SSSR count). The van der Waals surface area contributed by atoms with Gasteiger partial charge in [0.2, 0.25) is 5.91 Å². The molecule has 0 atom stereocenters.